The third kappa shape index (κ3) is 4.52. The summed E-state index contributed by atoms with van der Waals surface area (Å²) in [6, 6.07) is 5.30. The molecule has 0 saturated carbocycles. The van der Waals surface area contributed by atoms with Crippen LogP contribution in [0.2, 0.25) is 10.0 Å². The van der Waals surface area contributed by atoms with Gasteiger partial charge in [0.05, 0.1) is 17.7 Å². The third-order valence-corrected chi connectivity index (χ3v) is 3.92. The molecule has 0 spiro atoms. The van der Waals surface area contributed by atoms with Crippen molar-refractivity contribution >= 4 is 23.2 Å². The largest absolute Gasteiger partial charge is 0.486 e. The van der Waals surface area contributed by atoms with E-state index in [-0.39, 0.29) is 12.2 Å². The fraction of sp³-hybridized carbons (Fsp3) is 0.600. The minimum Gasteiger partial charge on any atom is -0.486 e. The second kappa shape index (κ2) is 7.51. The van der Waals surface area contributed by atoms with Gasteiger partial charge in [-0.15, -0.1) is 0 Å². The molecule has 1 heterocycles. The van der Waals surface area contributed by atoms with Gasteiger partial charge in [-0.05, 0) is 45.0 Å². The van der Waals surface area contributed by atoms with Crippen molar-refractivity contribution < 1.29 is 9.47 Å². The molecule has 2 atom stereocenters. The first kappa shape index (κ1) is 15.9. The van der Waals surface area contributed by atoms with Gasteiger partial charge in [0.15, 0.2) is 0 Å². The Balaban J connectivity index is 2.05. The zero-order chi connectivity index (χ0) is 14.5. The topological polar surface area (TPSA) is 30.5 Å². The maximum absolute atomic E-state index is 6.18. The van der Waals surface area contributed by atoms with Gasteiger partial charge in [0.1, 0.15) is 11.9 Å². The predicted molar refractivity (Wildman–Crippen MR) is 82.9 cm³/mol. The summed E-state index contributed by atoms with van der Waals surface area (Å²) < 4.78 is 11.8. The van der Waals surface area contributed by atoms with E-state index in [2.05, 4.69) is 5.32 Å². The van der Waals surface area contributed by atoms with E-state index in [1.807, 2.05) is 19.9 Å². The van der Waals surface area contributed by atoms with Gasteiger partial charge in [-0.2, -0.15) is 0 Å². The van der Waals surface area contributed by atoms with Crippen LogP contribution in [0.3, 0.4) is 0 Å². The highest BCUT2D eigenvalue weighted by Gasteiger charge is 2.27. The van der Waals surface area contributed by atoms with E-state index in [0.717, 1.165) is 19.5 Å². The molecule has 0 amide bonds. The molecule has 1 aromatic carbocycles. The van der Waals surface area contributed by atoms with Crippen LogP contribution in [0, 0.1) is 5.92 Å². The summed E-state index contributed by atoms with van der Waals surface area (Å²) in [5.41, 5.74) is 0. The molecule has 1 aliphatic heterocycles. The monoisotopic (exact) mass is 317 g/mol. The SMILES string of the molecule is CC(C)OC[C@@H](Oc1ccc(Cl)cc1Cl)[C@@H]1CCNC1. The summed E-state index contributed by atoms with van der Waals surface area (Å²) in [5.74, 6) is 1.11. The quantitative estimate of drug-likeness (QED) is 0.866. The van der Waals surface area contributed by atoms with Gasteiger partial charge in [-0.1, -0.05) is 23.2 Å². The lowest BCUT2D eigenvalue weighted by Crippen LogP contribution is -2.34. The van der Waals surface area contributed by atoms with E-state index in [0.29, 0.717) is 28.3 Å². The lowest BCUT2D eigenvalue weighted by molar-refractivity contribution is -0.00362. The van der Waals surface area contributed by atoms with Crippen molar-refractivity contribution in [3.8, 4) is 5.75 Å². The molecule has 1 fully saturated rings. The van der Waals surface area contributed by atoms with Crippen molar-refractivity contribution in [1.29, 1.82) is 0 Å². The highest BCUT2D eigenvalue weighted by Crippen LogP contribution is 2.30. The van der Waals surface area contributed by atoms with Crippen molar-refractivity contribution in [3.63, 3.8) is 0 Å². The molecule has 3 nitrogen and oxygen atoms in total. The predicted octanol–water partition coefficient (Wildman–Crippen LogP) is 3.78. The first-order chi connectivity index (χ1) is 9.56. The maximum atomic E-state index is 6.18. The first-order valence-electron chi connectivity index (χ1n) is 7.00. The molecule has 0 aromatic heterocycles. The fourth-order valence-electron chi connectivity index (χ4n) is 2.28. The lowest BCUT2D eigenvalue weighted by atomic mass is 10.0. The van der Waals surface area contributed by atoms with Crippen LogP contribution in [-0.4, -0.2) is 31.9 Å². The molecule has 5 heteroatoms. The van der Waals surface area contributed by atoms with Crippen molar-refractivity contribution in [2.45, 2.75) is 32.5 Å². The maximum Gasteiger partial charge on any atom is 0.138 e. The molecule has 0 radical (unpaired) electrons. The van der Waals surface area contributed by atoms with Crippen LogP contribution in [0.1, 0.15) is 20.3 Å². The van der Waals surface area contributed by atoms with Gasteiger partial charge in [0.25, 0.3) is 0 Å². The fourth-order valence-corrected chi connectivity index (χ4v) is 2.73. The van der Waals surface area contributed by atoms with Crippen molar-refractivity contribution in [2.75, 3.05) is 19.7 Å². The third-order valence-electron chi connectivity index (χ3n) is 3.39. The highest BCUT2D eigenvalue weighted by molar-refractivity contribution is 6.35. The van der Waals surface area contributed by atoms with E-state index in [4.69, 9.17) is 32.7 Å². The molecule has 0 bridgehead atoms. The minimum atomic E-state index is 0.00563. The number of hydrogen-bond donors (Lipinski definition) is 1. The zero-order valence-corrected chi connectivity index (χ0v) is 13.4. The molecule has 1 saturated heterocycles. The van der Waals surface area contributed by atoms with Gasteiger partial charge < -0.3 is 14.8 Å². The molecule has 0 aliphatic carbocycles. The minimum absolute atomic E-state index is 0.00563. The molecule has 0 unspecified atom stereocenters. The van der Waals surface area contributed by atoms with E-state index in [9.17, 15) is 0 Å². The first-order valence-corrected chi connectivity index (χ1v) is 7.76. The normalized spacial score (nSPS) is 20.4. The summed E-state index contributed by atoms with van der Waals surface area (Å²) in [7, 11) is 0. The zero-order valence-electron chi connectivity index (χ0n) is 11.9. The molecule has 1 aliphatic rings. The van der Waals surface area contributed by atoms with Gasteiger partial charge in [0.2, 0.25) is 0 Å². The second-order valence-corrected chi connectivity index (χ2v) is 6.21. The van der Waals surface area contributed by atoms with Crippen molar-refractivity contribution in [2.24, 2.45) is 5.92 Å². The summed E-state index contributed by atoms with van der Waals surface area (Å²) in [5, 5.41) is 4.51. The Labute approximate surface area is 130 Å². The van der Waals surface area contributed by atoms with Gasteiger partial charge in [-0.25, -0.2) is 0 Å². The Hall–Kier alpha value is -0.480. The highest BCUT2D eigenvalue weighted by atomic mass is 35.5. The molecule has 112 valence electrons. The second-order valence-electron chi connectivity index (χ2n) is 5.37. The smallest absolute Gasteiger partial charge is 0.138 e. The van der Waals surface area contributed by atoms with Gasteiger partial charge in [-0.3, -0.25) is 0 Å². The molecule has 20 heavy (non-hydrogen) atoms. The Bertz CT molecular complexity index is 434. The molecular formula is C15H21Cl2NO2. The summed E-state index contributed by atoms with van der Waals surface area (Å²) in [4.78, 5) is 0. The Morgan fingerprint density at radius 1 is 1.35 bits per heavy atom. The molecule has 1 N–H and O–H groups in total. The molecule has 2 rings (SSSR count). The summed E-state index contributed by atoms with van der Waals surface area (Å²) >= 11 is 12.1. The van der Waals surface area contributed by atoms with Gasteiger partial charge >= 0.3 is 0 Å². The average Bonchev–Trinajstić information content (AvgIpc) is 2.90. The standard InChI is InChI=1S/C15H21Cl2NO2/c1-10(2)19-9-15(11-5-6-18-8-11)20-14-4-3-12(16)7-13(14)17/h3-4,7,10-11,15,18H,5-6,8-9H2,1-2H3/t11-,15-/m1/s1. The number of halogens is 2. The molecule has 1 aromatic rings. The molecular weight excluding hydrogens is 297 g/mol. The van der Waals surface area contributed by atoms with E-state index in [1.165, 1.54) is 0 Å². The Morgan fingerprint density at radius 2 is 2.15 bits per heavy atom. The van der Waals surface area contributed by atoms with Crippen LogP contribution >= 0.6 is 23.2 Å². The van der Waals surface area contributed by atoms with Crippen LogP contribution in [0.15, 0.2) is 18.2 Å². The number of benzene rings is 1. The van der Waals surface area contributed by atoms with Crippen molar-refractivity contribution in [3.05, 3.63) is 28.2 Å². The van der Waals surface area contributed by atoms with E-state index in [1.54, 1.807) is 12.1 Å². The average molecular weight is 318 g/mol. The lowest BCUT2D eigenvalue weighted by Gasteiger charge is -2.25. The van der Waals surface area contributed by atoms with Gasteiger partial charge in [0, 0.05) is 17.5 Å². The Morgan fingerprint density at radius 3 is 2.75 bits per heavy atom. The van der Waals surface area contributed by atoms with Crippen LogP contribution in [0.5, 0.6) is 5.75 Å². The van der Waals surface area contributed by atoms with Crippen LogP contribution < -0.4 is 10.1 Å². The Kier molecular flexibility index (Phi) is 5.97. The number of hydrogen-bond acceptors (Lipinski definition) is 3. The van der Waals surface area contributed by atoms with Crippen LogP contribution in [0.4, 0.5) is 0 Å². The number of nitrogens with one attached hydrogen (secondary N) is 1. The van der Waals surface area contributed by atoms with E-state index >= 15 is 0 Å². The van der Waals surface area contributed by atoms with Crippen molar-refractivity contribution in [1.82, 2.24) is 5.32 Å². The van der Waals surface area contributed by atoms with Crippen LogP contribution in [-0.2, 0) is 4.74 Å². The summed E-state index contributed by atoms with van der Waals surface area (Å²) in [6.07, 6.45) is 1.29. The number of ether oxygens (including phenoxy) is 2. The van der Waals surface area contributed by atoms with E-state index < -0.39 is 0 Å². The van der Waals surface area contributed by atoms with Crippen LogP contribution in [0.25, 0.3) is 0 Å². The number of rotatable bonds is 6. The summed E-state index contributed by atoms with van der Waals surface area (Å²) in [6.45, 7) is 6.61.